The molecule has 1 N–H and O–H groups in total. The van der Waals surface area contributed by atoms with E-state index in [1.807, 2.05) is 6.07 Å². The summed E-state index contributed by atoms with van der Waals surface area (Å²) < 4.78 is 6.70. The summed E-state index contributed by atoms with van der Waals surface area (Å²) in [4.78, 5) is 26.7. The lowest BCUT2D eigenvalue weighted by Gasteiger charge is -2.03. The minimum Gasteiger partial charge on any atom is -0.476 e. The molecule has 122 valence electrons. The van der Waals surface area contributed by atoms with Gasteiger partial charge in [-0.1, -0.05) is 17.3 Å². The number of aromatic nitrogens is 4. The average molecular weight is 334 g/mol. The largest absolute Gasteiger partial charge is 0.476 e. The Bertz CT molecular complexity index is 1160. The molecule has 0 bridgehead atoms. The van der Waals surface area contributed by atoms with Gasteiger partial charge < -0.3 is 9.52 Å². The molecule has 25 heavy (non-hydrogen) atoms. The van der Waals surface area contributed by atoms with Crippen LogP contribution in [0.25, 0.3) is 27.9 Å². The van der Waals surface area contributed by atoms with Crippen molar-refractivity contribution in [3.05, 3.63) is 71.0 Å². The average Bonchev–Trinajstić information content (AvgIpc) is 3.11. The van der Waals surface area contributed by atoms with Gasteiger partial charge in [0.05, 0.1) is 6.20 Å². The number of carboxylic acid groups (broad SMARTS) is 1. The topological polar surface area (TPSA) is 111 Å². The summed E-state index contributed by atoms with van der Waals surface area (Å²) in [6.07, 6.45) is 2.96. The fourth-order valence-electron chi connectivity index (χ4n) is 2.54. The second kappa shape index (κ2) is 5.68. The molecule has 0 saturated heterocycles. The molecule has 0 spiro atoms. The summed E-state index contributed by atoms with van der Waals surface area (Å²) in [6.45, 7) is 0. The quantitative estimate of drug-likeness (QED) is 0.571. The molecule has 8 nitrogen and oxygen atoms in total. The first-order chi connectivity index (χ1) is 12.1. The summed E-state index contributed by atoms with van der Waals surface area (Å²) in [5.74, 6) is -1.15. The van der Waals surface area contributed by atoms with Gasteiger partial charge in [-0.05, 0) is 24.3 Å². The number of hydrogen-bond donors (Lipinski definition) is 1. The summed E-state index contributed by atoms with van der Waals surface area (Å²) in [6, 6.07) is 11.6. The Hall–Kier alpha value is -3.81. The zero-order chi connectivity index (χ0) is 17.4. The summed E-state index contributed by atoms with van der Waals surface area (Å²) in [7, 11) is 0. The van der Waals surface area contributed by atoms with E-state index in [4.69, 9.17) is 4.42 Å². The number of carboxylic acids is 1. The van der Waals surface area contributed by atoms with E-state index >= 15 is 0 Å². The third-order valence-corrected chi connectivity index (χ3v) is 3.65. The Kier molecular flexibility index (Phi) is 3.35. The van der Waals surface area contributed by atoms with Crippen LogP contribution in [0.1, 0.15) is 10.5 Å². The summed E-state index contributed by atoms with van der Waals surface area (Å²) >= 11 is 0. The van der Waals surface area contributed by atoms with Crippen LogP contribution in [0, 0.1) is 0 Å². The van der Waals surface area contributed by atoms with Crippen molar-refractivity contribution in [3.8, 4) is 16.9 Å². The zero-order valence-electron chi connectivity index (χ0n) is 12.7. The third kappa shape index (κ3) is 2.55. The maximum absolute atomic E-state index is 11.5. The molecule has 0 amide bonds. The first-order valence-electron chi connectivity index (χ1n) is 7.28. The fourth-order valence-corrected chi connectivity index (χ4v) is 2.54. The van der Waals surface area contributed by atoms with Crippen LogP contribution < -0.4 is 5.63 Å². The third-order valence-electron chi connectivity index (χ3n) is 3.65. The Morgan fingerprint density at radius 1 is 1.12 bits per heavy atom. The Morgan fingerprint density at radius 2 is 2.00 bits per heavy atom. The highest BCUT2D eigenvalue weighted by molar-refractivity contribution is 5.93. The van der Waals surface area contributed by atoms with Gasteiger partial charge in [-0.3, -0.25) is 0 Å². The predicted molar refractivity (Wildman–Crippen MR) is 87.6 cm³/mol. The molecule has 0 fully saturated rings. The number of pyridine rings is 1. The molecular weight excluding hydrogens is 324 g/mol. The van der Waals surface area contributed by atoms with Gasteiger partial charge in [-0.15, -0.1) is 5.10 Å². The number of fused-ring (bicyclic) bond motifs is 1. The van der Waals surface area contributed by atoms with Crippen molar-refractivity contribution in [2.75, 3.05) is 0 Å². The van der Waals surface area contributed by atoms with Crippen molar-refractivity contribution in [2.45, 2.75) is 0 Å². The number of benzene rings is 1. The van der Waals surface area contributed by atoms with E-state index in [1.165, 1.54) is 16.9 Å². The molecule has 0 aliphatic carbocycles. The summed E-state index contributed by atoms with van der Waals surface area (Å²) in [5, 5.41) is 18.0. The number of aromatic carboxylic acids is 1. The maximum Gasteiger partial charge on any atom is 0.355 e. The number of para-hydroxylation sites is 1. The SMILES string of the molecule is O=C(O)c1ncccc1-c1cn(-c2cccc3ccc(=O)oc23)nn1. The number of nitrogens with zero attached hydrogens (tertiary/aromatic N) is 4. The van der Waals surface area contributed by atoms with Crippen LogP contribution in [0.15, 0.2) is 64.1 Å². The van der Waals surface area contributed by atoms with E-state index in [9.17, 15) is 14.7 Å². The van der Waals surface area contributed by atoms with Crippen LogP contribution in [0.5, 0.6) is 0 Å². The normalized spacial score (nSPS) is 10.9. The molecular formula is C17H10N4O4. The second-order valence-electron chi connectivity index (χ2n) is 5.20. The molecule has 1 aromatic carbocycles. The van der Waals surface area contributed by atoms with Crippen LogP contribution in [0.3, 0.4) is 0 Å². The highest BCUT2D eigenvalue weighted by Gasteiger charge is 2.16. The second-order valence-corrected chi connectivity index (χ2v) is 5.20. The van der Waals surface area contributed by atoms with Crippen molar-refractivity contribution in [1.29, 1.82) is 0 Å². The van der Waals surface area contributed by atoms with E-state index < -0.39 is 11.6 Å². The zero-order valence-corrected chi connectivity index (χ0v) is 12.7. The molecule has 0 aliphatic rings. The molecule has 0 saturated carbocycles. The number of hydrogen-bond acceptors (Lipinski definition) is 6. The van der Waals surface area contributed by atoms with Crippen LogP contribution >= 0.6 is 0 Å². The molecule has 0 unspecified atom stereocenters. The van der Waals surface area contributed by atoms with Gasteiger partial charge >= 0.3 is 11.6 Å². The minimum absolute atomic E-state index is 0.112. The Balaban J connectivity index is 1.88. The molecule has 3 heterocycles. The highest BCUT2D eigenvalue weighted by atomic mass is 16.4. The first-order valence-corrected chi connectivity index (χ1v) is 7.28. The van der Waals surface area contributed by atoms with Crippen molar-refractivity contribution in [1.82, 2.24) is 20.0 Å². The van der Waals surface area contributed by atoms with E-state index in [1.54, 1.807) is 36.5 Å². The van der Waals surface area contributed by atoms with Gasteiger partial charge in [0.1, 0.15) is 11.4 Å². The van der Waals surface area contributed by atoms with Gasteiger partial charge in [-0.25, -0.2) is 19.3 Å². The van der Waals surface area contributed by atoms with E-state index in [-0.39, 0.29) is 5.69 Å². The predicted octanol–water partition coefficient (Wildman–Crippen LogP) is 2.13. The lowest BCUT2D eigenvalue weighted by Crippen LogP contribution is -2.02. The van der Waals surface area contributed by atoms with Crippen molar-refractivity contribution in [3.63, 3.8) is 0 Å². The molecule has 0 radical (unpaired) electrons. The minimum atomic E-state index is -1.15. The Labute approximate surface area is 140 Å². The number of rotatable bonds is 3. The van der Waals surface area contributed by atoms with Crippen molar-refractivity contribution in [2.24, 2.45) is 0 Å². The Morgan fingerprint density at radius 3 is 2.84 bits per heavy atom. The van der Waals surface area contributed by atoms with Crippen LogP contribution in [0.2, 0.25) is 0 Å². The van der Waals surface area contributed by atoms with E-state index in [0.29, 0.717) is 22.5 Å². The van der Waals surface area contributed by atoms with E-state index in [0.717, 1.165) is 5.39 Å². The van der Waals surface area contributed by atoms with Crippen LogP contribution in [-0.4, -0.2) is 31.1 Å². The van der Waals surface area contributed by atoms with Gasteiger partial charge in [0, 0.05) is 23.2 Å². The number of carbonyl (C=O) groups is 1. The van der Waals surface area contributed by atoms with Crippen molar-refractivity contribution >= 4 is 16.9 Å². The fraction of sp³-hybridized carbons (Fsp3) is 0. The molecule has 4 rings (SSSR count). The maximum atomic E-state index is 11.5. The van der Waals surface area contributed by atoms with Gasteiger partial charge in [0.2, 0.25) is 0 Å². The smallest absolute Gasteiger partial charge is 0.355 e. The lowest BCUT2D eigenvalue weighted by atomic mass is 10.1. The van der Waals surface area contributed by atoms with E-state index in [2.05, 4.69) is 15.3 Å². The molecule has 8 heteroatoms. The first kappa shape index (κ1) is 14.8. The molecule has 0 atom stereocenters. The van der Waals surface area contributed by atoms with Crippen molar-refractivity contribution < 1.29 is 14.3 Å². The molecule has 3 aromatic heterocycles. The van der Waals surface area contributed by atoms with Gasteiger partial charge in [0.15, 0.2) is 11.3 Å². The van der Waals surface area contributed by atoms with Crippen LogP contribution in [0.4, 0.5) is 0 Å². The molecule has 4 aromatic rings. The van der Waals surface area contributed by atoms with Gasteiger partial charge in [0.25, 0.3) is 0 Å². The standard InChI is InChI=1S/C17H10N4O4/c22-14-7-6-10-3-1-5-13(16(10)25-14)21-9-12(19-20-21)11-4-2-8-18-15(11)17(23)24/h1-9H,(H,23,24). The summed E-state index contributed by atoms with van der Waals surface area (Å²) in [5.41, 5.74) is 1.01. The van der Waals surface area contributed by atoms with Crippen LogP contribution in [-0.2, 0) is 0 Å². The monoisotopic (exact) mass is 334 g/mol. The highest BCUT2D eigenvalue weighted by Crippen LogP contribution is 2.24. The lowest BCUT2D eigenvalue weighted by molar-refractivity contribution is 0.0691. The molecule has 0 aliphatic heterocycles. The van der Waals surface area contributed by atoms with Gasteiger partial charge in [-0.2, -0.15) is 0 Å².